The van der Waals surface area contributed by atoms with Crippen LogP contribution in [0, 0.1) is 11.8 Å². The summed E-state index contributed by atoms with van der Waals surface area (Å²) in [6.07, 6.45) is 6.77. The van der Waals surface area contributed by atoms with E-state index in [1.165, 1.54) is 18.4 Å². The first-order valence-corrected chi connectivity index (χ1v) is 9.27. The Balaban J connectivity index is 1.40. The highest BCUT2D eigenvalue weighted by molar-refractivity contribution is 5.79. The minimum absolute atomic E-state index is 0.272. The first-order chi connectivity index (χ1) is 11.2. The van der Waals surface area contributed by atoms with Crippen molar-refractivity contribution in [1.82, 2.24) is 10.2 Å². The van der Waals surface area contributed by atoms with E-state index < -0.39 is 0 Å². The summed E-state index contributed by atoms with van der Waals surface area (Å²) < 4.78 is 0. The van der Waals surface area contributed by atoms with Crippen LogP contribution in [0.1, 0.15) is 51.0 Å². The highest BCUT2D eigenvalue weighted by atomic mass is 16.1. The van der Waals surface area contributed by atoms with Gasteiger partial charge >= 0.3 is 0 Å². The van der Waals surface area contributed by atoms with Crippen LogP contribution in [0.25, 0.3) is 0 Å². The summed E-state index contributed by atoms with van der Waals surface area (Å²) in [4.78, 5) is 14.9. The zero-order chi connectivity index (χ0) is 16.1. The molecule has 1 amide bonds. The van der Waals surface area contributed by atoms with Crippen LogP contribution >= 0.6 is 0 Å². The van der Waals surface area contributed by atoms with E-state index in [1.807, 2.05) is 0 Å². The molecule has 1 aliphatic heterocycles. The lowest BCUT2D eigenvalue weighted by atomic mass is 9.82. The lowest BCUT2D eigenvalue weighted by Crippen LogP contribution is -2.46. The molecule has 0 unspecified atom stereocenters. The maximum Gasteiger partial charge on any atom is 0.223 e. The average Bonchev–Trinajstić information content (AvgIpc) is 2.58. The minimum Gasteiger partial charge on any atom is -0.353 e. The summed E-state index contributed by atoms with van der Waals surface area (Å²) in [7, 11) is 0. The molecule has 3 heteroatoms. The highest BCUT2D eigenvalue weighted by Gasteiger charge is 2.27. The van der Waals surface area contributed by atoms with Crippen molar-refractivity contribution in [2.24, 2.45) is 11.8 Å². The third-order valence-corrected chi connectivity index (χ3v) is 5.57. The van der Waals surface area contributed by atoms with E-state index in [9.17, 15) is 4.79 Å². The molecule has 23 heavy (non-hydrogen) atoms. The summed E-state index contributed by atoms with van der Waals surface area (Å²) in [5, 5.41) is 3.32. The van der Waals surface area contributed by atoms with E-state index in [4.69, 9.17) is 0 Å². The lowest BCUT2D eigenvalue weighted by molar-refractivity contribution is -0.127. The number of benzene rings is 1. The number of rotatable bonds is 4. The van der Waals surface area contributed by atoms with Gasteiger partial charge in [0.15, 0.2) is 0 Å². The number of carbonyl (C=O) groups excluding carboxylic acids is 1. The number of hydrogen-bond donors (Lipinski definition) is 1. The van der Waals surface area contributed by atoms with Gasteiger partial charge in [-0.2, -0.15) is 0 Å². The molecule has 126 valence electrons. The number of piperidine rings is 1. The molecule has 0 atom stereocenters. The van der Waals surface area contributed by atoms with Crippen molar-refractivity contribution in [3.8, 4) is 0 Å². The van der Waals surface area contributed by atoms with Crippen molar-refractivity contribution in [2.75, 3.05) is 13.1 Å². The van der Waals surface area contributed by atoms with Gasteiger partial charge < -0.3 is 5.32 Å². The molecule has 0 spiro atoms. The van der Waals surface area contributed by atoms with Gasteiger partial charge in [0.1, 0.15) is 0 Å². The van der Waals surface area contributed by atoms with Crippen molar-refractivity contribution in [2.45, 2.75) is 58.0 Å². The Bertz CT molecular complexity index is 486. The molecule has 0 bridgehead atoms. The number of nitrogens with zero attached hydrogens (tertiary/aromatic N) is 1. The molecule has 1 saturated heterocycles. The van der Waals surface area contributed by atoms with Crippen LogP contribution in [0.15, 0.2) is 30.3 Å². The Morgan fingerprint density at radius 2 is 1.70 bits per heavy atom. The molecular formula is C20H30N2O. The maximum atomic E-state index is 12.4. The zero-order valence-corrected chi connectivity index (χ0v) is 14.3. The van der Waals surface area contributed by atoms with Gasteiger partial charge in [0.2, 0.25) is 5.91 Å². The van der Waals surface area contributed by atoms with Crippen molar-refractivity contribution in [1.29, 1.82) is 0 Å². The SMILES string of the molecule is CC1CCC(C(=O)NC2CCN(Cc3ccccc3)CC2)CC1. The van der Waals surface area contributed by atoms with Gasteiger partial charge in [-0.25, -0.2) is 0 Å². The van der Waals surface area contributed by atoms with Gasteiger partial charge in [0, 0.05) is 31.6 Å². The fraction of sp³-hybridized carbons (Fsp3) is 0.650. The summed E-state index contributed by atoms with van der Waals surface area (Å²) in [6.45, 7) is 5.50. The van der Waals surface area contributed by atoms with Crippen LogP contribution in [0.5, 0.6) is 0 Å². The Morgan fingerprint density at radius 3 is 2.35 bits per heavy atom. The molecule has 3 nitrogen and oxygen atoms in total. The van der Waals surface area contributed by atoms with Crippen molar-refractivity contribution < 1.29 is 4.79 Å². The van der Waals surface area contributed by atoms with E-state index >= 15 is 0 Å². The van der Waals surface area contributed by atoms with Gasteiger partial charge in [0.05, 0.1) is 0 Å². The molecule has 0 aromatic heterocycles. The minimum atomic E-state index is 0.272. The van der Waals surface area contributed by atoms with E-state index in [0.717, 1.165) is 51.2 Å². The first-order valence-electron chi connectivity index (χ1n) is 9.27. The molecule has 3 rings (SSSR count). The number of amides is 1. The van der Waals surface area contributed by atoms with Crippen LogP contribution in [0.4, 0.5) is 0 Å². The Kier molecular flexibility index (Phi) is 5.71. The molecule has 1 aromatic carbocycles. The van der Waals surface area contributed by atoms with Gasteiger partial charge in [-0.15, -0.1) is 0 Å². The fourth-order valence-corrected chi connectivity index (χ4v) is 3.92. The van der Waals surface area contributed by atoms with Crippen LogP contribution in [-0.4, -0.2) is 29.9 Å². The number of carbonyl (C=O) groups is 1. The van der Waals surface area contributed by atoms with Gasteiger partial charge in [-0.05, 0) is 50.0 Å². The summed E-state index contributed by atoms with van der Waals surface area (Å²) in [5.41, 5.74) is 1.38. The average molecular weight is 314 g/mol. The standard InChI is InChI=1S/C20H30N2O/c1-16-7-9-18(10-8-16)20(23)21-19-11-13-22(14-12-19)15-17-5-3-2-4-6-17/h2-6,16,18-19H,7-15H2,1H3,(H,21,23). The third-order valence-electron chi connectivity index (χ3n) is 5.57. The molecule has 1 heterocycles. The summed E-state index contributed by atoms with van der Waals surface area (Å²) >= 11 is 0. The Hall–Kier alpha value is -1.35. The Morgan fingerprint density at radius 1 is 1.04 bits per heavy atom. The molecule has 1 N–H and O–H groups in total. The number of likely N-dealkylation sites (tertiary alicyclic amines) is 1. The second-order valence-electron chi connectivity index (χ2n) is 7.50. The lowest BCUT2D eigenvalue weighted by Gasteiger charge is -2.34. The monoisotopic (exact) mass is 314 g/mol. The van der Waals surface area contributed by atoms with E-state index in [2.05, 4.69) is 47.5 Å². The predicted molar refractivity (Wildman–Crippen MR) is 94.0 cm³/mol. The predicted octanol–water partition coefficient (Wildman–Crippen LogP) is 3.59. The van der Waals surface area contributed by atoms with Crippen molar-refractivity contribution in [3.05, 3.63) is 35.9 Å². The third kappa shape index (κ3) is 4.81. The largest absolute Gasteiger partial charge is 0.353 e. The van der Waals surface area contributed by atoms with Gasteiger partial charge in [-0.1, -0.05) is 37.3 Å². The summed E-state index contributed by atoms with van der Waals surface area (Å²) in [6, 6.07) is 11.0. The first kappa shape index (κ1) is 16.5. The molecule has 2 fully saturated rings. The van der Waals surface area contributed by atoms with Crippen LogP contribution in [0.3, 0.4) is 0 Å². The molecule has 2 aliphatic rings. The highest BCUT2D eigenvalue weighted by Crippen LogP contribution is 2.28. The molecule has 0 radical (unpaired) electrons. The topological polar surface area (TPSA) is 32.3 Å². The van der Waals surface area contributed by atoms with E-state index in [-0.39, 0.29) is 5.92 Å². The second-order valence-corrected chi connectivity index (χ2v) is 7.50. The molecule has 1 saturated carbocycles. The fourth-order valence-electron chi connectivity index (χ4n) is 3.92. The zero-order valence-electron chi connectivity index (χ0n) is 14.3. The molecule has 1 aromatic rings. The number of hydrogen-bond acceptors (Lipinski definition) is 2. The summed E-state index contributed by atoms with van der Waals surface area (Å²) in [5.74, 6) is 1.40. The normalized spacial score (nSPS) is 26.8. The van der Waals surface area contributed by atoms with Crippen LogP contribution < -0.4 is 5.32 Å². The van der Waals surface area contributed by atoms with E-state index in [1.54, 1.807) is 0 Å². The van der Waals surface area contributed by atoms with Gasteiger partial charge in [-0.3, -0.25) is 9.69 Å². The van der Waals surface area contributed by atoms with Gasteiger partial charge in [0.25, 0.3) is 0 Å². The second kappa shape index (κ2) is 7.96. The quantitative estimate of drug-likeness (QED) is 0.921. The Labute approximate surface area is 140 Å². The number of nitrogens with one attached hydrogen (secondary N) is 1. The van der Waals surface area contributed by atoms with Crippen molar-refractivity contribution in [3.63, 3.8) is 0 Å². The van der Waals surface area contributed by atoms with Crippen LogP contribution in [0.2, 0.25) is 0 Å². The van der Waals surface area contributed by atoms with Crippen molar-refractivity contribution >= 4 is 5.91 Å². The molecular weight excluding hydrogens is 284 g/mol. The maximum absolute atomic E-state index is 12.4. The van der Waals surface area contributed by atoms with Crippen LogP contribution in [-0.2, 0) is 11.3 Å². The van der Waals surface area contributed by atoms with E-state index in [0.29, 0.717) is 11.9 Å². The smallest absolute Gasteiger partial charge is 0.223 e. The molecule has 1 aliphatic carbocycles.